The van der Waals surface area contributed by atoms with Crippen molar-refractivity contribution in [3.63, 3.8) is 0 Å². The summed E-state index contributed by atoms with van der Waals surface area (Å²) in [5.41, 5.74) is 1.23. The minimum Gasteiger partial charge on any atom is -0.301 e. The lowest BCUT2D eigenvalue weighted by atomic mass is 10.1. The number of hydrogen-bond acceptors (Lipinski definition) is 4. The van der Waals surface area contributed by atoms with Crippen molar-refractivity contribution >= 4 is 20.8 Å². The van der Waals surface area contributed by atoms with E-state index in [1.807, 2.05) is 27.7 Å². The molecule has 25 heavy (non-hydrogen) atoms. The first-order valence-electron chi connectivity index (χ1n) is 9.16. The van der Waals surface area contributed by atoms with Gasteiger partial charge in [-0.05, 0) is 27.6 Å². The molecule has 2 rings (SSSR count). The predicted octanol–water partition coefficient (Wildman–Crippen LogP) is 4.60. The number of Topliss-reactive ketones (excluding diaryl/α,β-unsaturated/α-hetero) is 1. The monoisotopic (exact) mass is 368 g/mol. The van der Waals surface area contributed by atoms with E-state index >= 15 is 0 Å². The zero-order valence-electron chi connectivity index (χ0n) is 17.3. The number of rotatable bonds is 3. The third-order valence-electron chi connectivity index (χ3n) is 3.73. The van der Waals surface area contributed by atoms with E-state index < -0.39 is 0 Å². The van der Waals surface area contributed by atoms with Crippen LogP contribution < -0.4 is 0 Å². The van der Waals surface area contributed by atoms with Gasteiger partial charge in [-0.1, -0.05) is 60.7 Å². The van der Waals surface area contributed by atoms with Crippen molar-refractivity contribution in [2.75, 3.05) is 33.3 Å². The molecule has 0 aromatic heterocycles. The van der Waals surface area contributed by atoms with Gasteiger partial charge >= 0.3 is 0 Å². The van der Waals surface area contributed by atoms with Gasteiger partial charge in [-0.25, -0.2) is 0 Å². The topological polar surface area (TPSA) is 40.6 Å². The van der Waals surface area contributed by atoms with E-state index in [-0.39, 0.29) is 5.78 Å². The highest BCUT2D eigenvalue weighted by atomic mass is 31.1. The molecular formula is C20H37N2O2P. The Labute approximate surface area is 156 Å². The summed E-state index contributed by atoms with van der Waals surface area (Å²) < 4.78 is 2.53. The molecule has 5 heteroatoms. The van der Waals surface area contributed by atoms with Crippen LogP contribution in [0, 0.1) is 0 Å². The number of carbonyl (C=O) groups is 2. The Morgan fingerprint density at radius 3 is 2.00 bits per heavy atom. The van der Waals surface area contributed by atoms with Gasteiger partial charge in [0.2, 0.25) is 0 Å². The molecule has 2 unspecified atom stereocenters. The first-order valence-corrected chi connectivity index (χ1v) is 10.6. The van der Waals surface area contributed by atoms with Crippen LogP contribution in [0.15, 0.2) is 24.3 Å². The number of nitrogens with zero attached hydrogens (tertiary/aromatic N) is 2. The molecule has 0 N–H and O–H groups in total. The normalized spacial score (nSPS) is 17.4. The molecule has 0 bridgehead atoms. The average Bonchev–Trinajstić information content (AvgIpc) is 2.67. The highest BCUT2D eigenvalue weighted by Crippen LogP contribution is 2.17. The standard InChI is InChI=1S/C9H8O2.C7H17N2P.2C2H6/c1-7(11)9-4-2-8(6-10)3-5-9;1-7-6-9(10-3)5-4-8(7)2;2*1-2/h2-6H,1H3;7,10H,4-6H2,1-3H3;2*1-2H3. The van der Waals surface area contributed by atoms with Gasteiger partial charge in [0.15, 0.2) is 5.78 Å². The van der Waals surface area contributed by atoms with Crippen LogP contribution in [0.25, 0.3) is 0 Å². The van der Waals surface area contributed by atoms with Crippen molar-refractivity contribution in [2.45, 2.75) is 47.6 Å². The predicted molar refractivity (Wildman–Crippen MR) is 112 cm³/mol. The number of aldehydes is 1. The largest absolute Gasteiger partial charge is 0.301 e. The van der Waals surface area contributed by atoms with E-state index in [0.29, 0.717) is 11.1 Å². The molecule has 0 spiro atoms. The SMILES string of the molecule is CC.CC.CC(=O)c1ccc(C=O)cc1.CPN1CCN(C)C(C)C1. The van der Waals surface area contributed by atoms with Crippen LogP contribution in [0.1, 0.15) is 62.3 Å². The molecule has 1 heterocycles. The van der Waals surface area contributed by atoms with Crippen LogP contribution in [-0.2, 0) is 0 Å². The fraction of sp³-hybridized carbons (Fsp3) is 0.600. The molecule has 1 aliphatic rings. The Bertz CT molecular complexity index is 463. The quantitative estimate of drug-likeness (QED) is 0.444. The molecule has 144 valence electrons. The zero-order chi connectivity index (χ0) is 19.8. The summed E-state index contributed by atoms with van der Waals surface area (Å²) in [6.07, 6.45) is 0.754. The van der Waals surface area contributed by atoms with E-state index in [9.17, 15) is 9.59 Å². The molecule has 4 nitrogen and oxygen atoms in total. The summed E-state index contributed by atoms with van der Waals surface area (Å²) in [7, 11) is 3.20. The lowest BCUT2D eigenvalue weighted by Crippen LogP contribution is -2.46. The second-order valence-corrected chi connectivity index (χ2v) is 6.37. The van der Waals surface area contributed by atoms with Gasteiger partial charge in [-0.15, -0.1) is 0 Å². The minimum absolute atomic E-state index is 0.0162. The third kappa shape index (κ3) is 11.2. The first-order chi connectivity index (χ1) is 12.0. The van der Waals surface area contributed by atoms with Crippen molar-refractivity contribution < 1.29 is 9.59 Å². The van der Waals surface area contributed by atoms with Gasteiger partial charge in [-0.3, -0.25) is 14.3 Å². The van der Waals surface area contributed by atoms with Gasteiger partial charge in [0.05, 0.1) is 0 Å². The van der Waals surface area contributed by atoms with Crippen LogP contribution in [-0.4, -0.2) is 61.0 Å². The van der Waals surface area contributed by atoms with Gasteiger partial charge in [0, 0.05) is 36.8 Å². The van der Waals surface area contributed by atoms with E-state index in [1.165, 1.54) is 26.6 Å². The maximum atomic E-state index is 10.8. The highest BCUT2D eigenvalue weighted by Gasteiger charge is 2.18. The lowest BCUT2D eigenvalue weighted by molar-refractivity contribution is 0.101. The number of benzene rings is 1. The summed E-state index contributed by atoms with van der Waals surface area (Å²) in [5, 5.41) is 0. The Morgan fingerprint density at radius 1 is 1.12 bits per heavy atom. The van der Waals surface area contributed by atoms with Gasteiger partial charge < -0.3 is 4.90 Å². The molecule has 0 radical (unpaired) electrons. The molecule has 0 aliphatic carbocycles. The van der Waals surface area contributed by atoms with Gasteiger partial charge in [0.25, 0.3) is 0 Å². The smallest absolute Gasteiger partial charge is 0.159 e. The van der Waals surface area contributed by atoms with Crippen molar-refractivity contribution in [1.29, 1.82) is 0 Å². The summed E-state index contributed by atoms with van der Waals surface area (Å²) in [5.74, 6) is 0.0162. The van der Waals surface area contributed by atoms with Gasteiger partial charge in [-0.2, -0.15) is 0 Å². The fourth-order valence-corrected chi connectivity index (χ4v) is 2.82. The maximum Gasteiger partial charge on any atom is 0.159 e. The van der Waals surface area contributed by atoms with Crippen LogP contribution in [0.4, 0.5) is 0 Å². The highest BCUT2D eigenvalue weighted by molar-refractivity contribution is 7.34. The summed E-state index contributed by atoms with van der Waals surface area (Å²) in [6, 6.07) is 7.30. The molecule has 2 atom stereocenters. The van der Waals surface area contributed by atoms with Crippen LogP contribution >= 0.6 is 8.73 Å². The van der Waals surface area contributed by atoms with Crippen molar-refractivity contribution in [1.82, 2.24) is 9.57 Å². The van der Waals surface area contributed by atoms with Crippen LogP contribution in [0.5, 0.6) is 0 Å². The summed E-state index contributed by atoms with van der Waals surface area (Å²) in [4.78, 5) is 23.4. The Balaban J connectivity index is 0. The third-order valence-corrected chi connectivity index (χ3v) is 4.77. The van der Waals surface area contributed by atoms with Crippen molar-refractivity contribution in [3.8, 4) is 0 Å². The Hall–Kier alpha value is -1.09. The van der Waals surface area contributed by atoms with Crippen LogP contribution in [0.3, 0.4) is 0 Å². The van der Waals surface area contributed by atoms with E-state index in [1.54, 1.807) is 24.3 Å². The number of likely N-dealkylation sites (N-methyl/N-ethyl adjacent to an activating group) is 1. The van der Waals surface area contributed by atoms with Crippen molar-refractivity contribution in [3.05, 3.63) is 35.4 Å². The Morgan fingerprint density at radius 2 is 1.64 bits per heavy atom. The molecule has 0 saturated carbocycles. The van der Waals surface area contributed by atoms with E-state index in [4.69, 9.17) is 0 Å². The zero-order valence-corrected chi connectivity index (χ0v) is 18.3. The Kier molecular flexibility index (Phi) is 17.1. The molecular weight excluding hydrogens is 331 g/mol. The second kappa shape index (κ2) is 16.4. The fourth-order valence-electron chi connectivity index (χ4n) is 2.05. The van der Waals surface area contributed by atoms with Crippen molar-refractivity contribution in [2.24, 2.45) is 0 Å². The molecule has 0 amide bonds. The number of carbonyl (C=O) groups excluding carboxylic acids is 2. The maximum absolute atomic E-state index is 10.8. The van der Waals surface area contributed by atoms with Crippen LogP contribution in [0.2, 0.25) is 0 Å². The second-order valence-electron chi connectivity index (χ2n) is 5.30. The molecule has 1 aromatic rings. The molecule has 1 aromatic carbocycles. The molecule has 1 aliphatic heterocycles. The summed E-state index contributed by atoms with van der Waals surface area (Å²) >= 11 is 0. The molecule has 1 fully saturated rings. The van der Waals surface area contributed by atoms with E-state index in [0.717, 1.165) is 21.1 Å². The lowest BCUT2D eigenvalue weighted by Gasteiger charge is -2.36. The average molecular weight is 369 g/mol. The van der Waals surface area contributed by atoms with Gasteiger partial charge in [0.1, 0.15) is 6.29 Å². The first kappa shape index (κ1) is 26.1. The summed E-state index contributed by atoms with van der Waals surface area (Å²) in [6.45, 7) is 17.8. The number of hydrogen-bond donors (Lipinski definition) is 0. The number of piperazine rings is 1. The minimum atomic E-state index is 0.0162. The number of ketones is 1. The molecule has 1 saturated heterocycles. The van der Waals surface area contributed by atoms with E-state index in [2.05, 4.69) is 30.2 Å².